The first kappa shape index (κ1) is 23.2. The average molecular weight is 469 g/mol. The SMILES string of the molecule is COC(=O)CCc1nc(CSc2nc(N)c(C#N)c(-c3ccc(NC(C)=O)cc3)n2)cs1. The van der Waals surface area contributed by atoms with Crippen LogP contribution in [-0.4, -0.2) is 33.9 Å². The van der Waals surface area contributed by atoms with Crippen molar-refractivity contribution in [3.63, 3.8) is 0 Å². The van der Waals surface area contributed by atoms with E-state index in [4.69, 9.17) is 5.73 Å². The molecule has 1 aromatic carbocycles. The van der Waals surface area contributed by atoms with Gasteiger partial charge in [-0.05, 0) is 12.1 Å². The Labute approximate surface area is 193 Å². The van der Waals surface area contributed by atoms with Gasteiger partial charge in [-0.2, -0.15) is 5.26 Å². The summed E-state index contributed by atoms with van der Waals surface area (Å²) in [5.41, 5.74) is 8.81. The lowest BCUT2D eigenvalue weighted by Gasteiger charge is -2.09. The number of thioether (sulfide) groups is 1. The topological polar surface area (TPSA) is 144 Å². The molecule has 0 aliphatic rings. The second kappa shape index (κ2) is 10.7. The lowest BCUT2D eigenvalue weighted by Crippen LogP contribution is -2.05. The zero-order valence-corrected chi connectivity index (χ0v) is 19.0. The van der Waals surface area contributed by atoms with E-state index in [1.54, 1.807) is 24.3 Å². The number of ether oxygens (including phenoxy) is 1. The highest BCUT2D eigenvalue weighted by molar-refractivity contribution is 7.98. The van der Waals surface area contributed by atoms with E-state index in [1.807, 2.05) is 5.38 Å². The summed E-state index contributed by atoms with van der Waals surface area (Å²) in [5.74, 6) is 0.176. The van der Waals surface area contributed by atoms with Crippen LogP contribution in [0.1, 0.15) is 29.6 Å². The fourth-order valence-electron chi connectivity index (χ4n) is 2.73. The number of nitrogens with two attached hydrogens (primary N) is 1. The molecule has 0 saturated carbocycles. The van der Waals surface area contributed by atoms with E-state index in [0.717, 1.165) is 10.7 Å². The van der Waals surface area contributed by atoms with Gasteiger partial charge in [-0.25, -0.2) is 15.0 Å². The zero-order valence-electron chi connectivity index (χ0n) is 17.4. The molecule has 1 amide bonds. The van der Waals surface area contributed by atoms with Crippen LogP contribution in [0.2, 0.25) is 0 Å². The molecule has 2 aromatic heterocycles. The fourth-order valence-corrected chi connectivity index (χ4v) is 4.38. The van der Waals surface area contributed by atoms with E-state index in [0.29, 0.717) is 34.3 Å². The summed E-state index contributed by atoms with van der Waals surface area (Å²) >= 11 is 2.83. The third-order valence-electron chi connectivity index (χ3n) is 4.23. The van der Waals surface area contributed by atoms with Gasteiger partial charge in [0.1, 0.15) is 17.5 Å². The summed E-state index contributed by atoms with van der Waals surface area (Å²) < 4.78 is 4.65. The number of benzene rings is 1. The van der Waals surface area contributed by atoms with Crippen molar-refractivity contribution in [2.24, 2.45) is 0 Å². The Kier molecular flexibility index (Phi) is 7.75. The third-order valence-corrected chi connectivity index (χ3v) is 6.06. The molecule has 9 nitrogen and oxygen atoms in total. The normalized spacial score (nSPS) is 10.4. The number of anilines is 2. The molecular weight excluding hydrogens is 448 g/mol. The first-order chi connectivity index (χ1) is 15.4. The van der Waals surface area contributed by atoms with E-state index in [-0.39, 0.29) is 29.7 Å². The molecule has 0 aliphatic carbocycles. The van der Waals surface area contributed by atoms with Gasteiger partial charge in [-0.1, -0.05) is 23.9 Å². The van der Waals surface area contributed by atoms with Gasteiger partial charge < -0.3 is 15.8 Å². The Bertz CT molecular complexity index is 1170. The van der Waals surface area contributed by atoms with E-state index >= 15 is 0 Å². The van der Waals surface area contributed by atoms with Crippen LogP contribution in [0, 0.1) is 11.3 Å². The van der Waals surface area contributed by atoms with Gasteiger partial charge in [-0.3, -0.25) is 9.59 Å². The van der Waals surface area contributed by atoms with Crippen LogP contribution in [0.3, 0.4) is 0 Å². The summed E-state index contributed by atoms with van der Waals surface area (Å²) in [6.45, 7) is 1.43. The van der Waals surface area contributed by atoms with Crippen LogP contribution in [0.25, 0.3) is 11.3 Å². The zero-order chi connectivity index (χ0) is 23.1. The number of hydrogen-bond acceptors (Lipinski definition) is 10. The number of nitriles is 1. The number of esters is 1. The average Bonchev–Trinajstić information content (AvgIpc) is 3.23. The molecule has 0 spiro atoms. The molecule has 0 bridgehead atoms. The van der Waals surface area contributed by atoms with Gasteiger partial charge in [0, 0.05) is 35.7 Å². The predicted octanol–water partition coefficient (Wildman–Crippen LogP) is 3.41. The first-order valence-corrected chi connectivity index (χ1v) is 11.3. The maximum absolute atomic E-state index is 11.3. The number of nitrogens with zero attached hydrogens (tertiary/aromatic N) is 4. The number of amides is 1. The minimum absolute atomic E-state index is 0.1000. The van der Waals surface area contributed by atoms with Crippen LogP contribution in [-0.2, 0) is 26.5 Å². The van der Waals surface area contributed by atoms with Gasteiger partial charge in [0.15, 0.2) is 5.16 Å². The van der Waals surface area contributed by atoms with Crippen molar-refractivity contribution in [3.8, 4) is 17.3 Å². The number of nitrogen functional groups attached to an aromatic ring is 1. The fraction of sp³-hybridized carbons (Fsp3) is 0.238. The molecule has 11 heteroatoms. The van der Waals surface area contributed by atoms with Gasteiger partial charge in [0.2, 0.25) is 5.91 Å². The van der Waals surface area contributed by atoms with Crippen molar-refractivity contribution in [1.82, 2.24) is 15.0 Å². The largest absolute Gasteiger partial charge is 0.469 e. The number of carbonyl (C=O) groups is 2. The molecule has 0 aliphatic heterocycles. The van der Waals surface area contributed by atoms with Crippen LogP contribution in [0.5, 0.6) is 0 Å². The summed E-state index contributed by atoms with van der Waals surface area (Å²) in [7, 11) is 1.36. The van der Waals surface area contributed by atoms with Gasteiger partial charge in [0.25, 0.3) is 0 Å². The van der Waals surface area contributed by atoms with E-state index in [9.17, 15) is 14.9 Å². The van der Waals surface area contributed by atoms with Crippen LogP contribution >= 0.6 is 23.1 Å². The number of carbonyl (C=O) groups excluding carboxylic acids is 2. The summed E-state index contributed by atoms with van der Waals surface area (Å²) in [6, 6.07) is 9.05. The van der Waals surface area contributed by atoms with Crippen molar-refractivity contribution in [2.75, 3.05) is 18.2 Å². The molecule has 0 unspecified atom stereocenters. The number of hydrogen-bond donors (Lipinski definition) is 2. The highest BCUT2D eigenvalue weighted by atomic mass is 32.2. The van der Waals surface area contributed by atoms with Crippen molar-refractivity contribution in [2.45, 2.75) is 30.7 Å². The lowest BCUT2D eigenvalue weighted by molar-refractivity contribution is -0.140. The van der Waals surface area contributed by atoms with Crippen LogP contribution < -0.4 is 11.1 Å². The predicted molar refractivity (Wildman–Crippen MR) is 123 cm³/mol. The third kappa shape index (κ3) is 6.03. The summed E-state index contributed by atoms with van der Waals surface area (Å²) in [6.07, 6.45) is 0.816. The number of nitrogens with one attached hydrogen (secondary N) is 1. The molecule has 0 atom stereocenters. The molecular formula is C21H20N6O3S2. The highest BCUT2D eigenvalue weighted by Crippen LogP contribution is 2.30. The number of rotatable bonds is 8. The standard InChI is InChI=1S/C21H20N6O3S2/c1-12(28)24-14-5-3-13(4-6-14)19-16(9-22)20(23)27-21(26-19)32-11-15-10-31-17(25-15)7-8-18(29)30-2/h3-6,10H,7-8,11H2,1-2H3,(H,24,28)(H2,23,26,27). The molecule has 3 rings (SSSR count). The van der Waals surface area contributed by atoms with Crippen molar-refractivity contribution < 1.29 is 14.3 Å². The summed E-state index contributed by atoms with van der Waals surface area (Å²) in [5, 5.41) is 15.4. The molecule has 0 saturated heterocycles. The van der Waals surface area contributed by atoms with E-state index in [2.05, 4.69) is 31.1 Å². The smallest absolute Gasteiger partial charge is 0.305 e. The molecule has 0 radical (unpaired) electrons. The highest BCUT2D eigenvalue weighted by Gasteiger charge is 2.15. The Hall–Kier alpha value is -3.49. The minimum Gasteiger partial charge on any atom is -0.469 e. The number of thiazole rings is 1. The monoisotopic (exact) mass is 468 g/mol. The van der Waals surface area contributed by atoms with Gasteiger partial charge >= 0.3 is 5.97 Å². The van der Waals surface area contributed by atoms with Crippen molar-refractivity contribution in [3.05, 3.63) is 45.9 Å². The molecule has 164 valence electrons. The van der Waals surface area contributed by atoms with E-state index < -0.39 is 0 Å². The van der Waals surface area contributed by atoms with E-state index in [1.165, 1.54) is 37.1 Å². The number of aryl methyl sites for hydroxylation is 1. The summed E-state index contributed by atoms with van der Waals surface area (Å²) in [4.78, 5) is 35.8. The molecule has 32 heavy (non-hydrogen) atoms. The number of methoxy groups -OCH3 is 1. The quantitative estimate of drug-likeness (QED) is 0.289. The Morgan fingerprint density at radius 2 is 2.00 bits per heavy atom. The molecule has 3 N–H and O–H groups in total. The Morgan fingerprint density at radius 3 is 2.66 bits per heavy atom. The maximum atomic E-state index is 11.3. The van der Waals surface area contributed by atoms with Gasteiger partial charge in [-0.15, -0.1) is 11.3 Å². The van der Waals surface area contributed by atoms with Crippen LogP contribution in [0.4, 0.5) is 11.5 Å². The Morgan fingerprint density at radius 1 is 1.25 bits per heavy atom. The number of aromatic nitrogens is 3. The minimum atomic E-state index is -0.268. The van der Waals surface area contributed by atoms with Crippen molar-refractivity contribution >= 4 is 46.5 Å². The second-order valence-electron chi connectivity index (χ2n) is 6.58. The van der Waals surface area contributed by atoms with Gasteiger partial charge in [0.05, 0.1) is 29.9 Å². The molecule has 3 aromatic rings. The van der Waals surface area contributed by atoms with Crippen LogP contribution in [0.15, 0.2) is 34.8 Å². The Balaban J connectivity index is 1.75. The lowest BCUT2D eigenvalue weighted by atomic mass is 10.1. The molecule has 2 heterocycles. The van der Waals surface area contributed by atoms with Crippen molar-refractivity contribution in [1.29, 1.82) is 5.26 Å². The molecule has 0 fully saturated rings. The maximum Gasteiger partial charge on any atom is 0.305 e. The second-order valence-corrected chi connectivity index (χ2v) is 8.47. The first-order valence-electron chi connectivity index (χ1n) is 9.48.